The summed E-state index contributed by atoms with van der Waals surface area (Å²) in [5.41, 5.74) is 0. The Balaban J connectivity index is 0. The molecule has 0 amide bonds. The average Bonchev–Trinajstić information content (AvgIpc) is 2.55. The molecule has 0 aromatic heterocycles. The van der Waals surface area contributed by atoms with E-state index in [1.54, 1.807) is 0 Å². The molecule has 0 fully saturated rings. The minimum absolute atomic E-state index is 0. The van der Waals surface area contributed by atoms with Crippen LogP contribution in [0.25, 0.3) is 0 Å². The van der Waals surface area contributed by atoms with Crippen LogP contribution in [0.2, 0.25) is 0 Å². The number of hydrogen-bond donors (Lipinski definition) is 1. The second-order valence-corrected chi connectivity index (χ2v) is 9.11. The van der Waals surface area contributed by atoms with Gasteiger partial charge in [0, 0.05) is 5.25 Å². The molecule has 0 aromatic carbocycles. The molecule has 0 radical (unpaired) electrons. The van der Waals surface area contributed by atoms with Gasteiger partial charge in [-0.25, -0.2) is 8.42 Å². The summed E-state index contributed by atoms with van der Waals surface area (Å²) in [6.07, 6.45) is 15.9. The van der Waals surface area contributed by atoms with Crippen molar-refractivity contribution in [2.75, 3.05) is 0 Å². The van der Waals surface area contributed by atoms with E-state index in [2.05, 4.69) is 6.92 Å². The molecule has 0 aliphatic carbocycles. The van der Waals surface area contributed by atoms with Gasteiger partial charge in [0.2, 0.25) is 0 Å². The van der Waals surface area contributed by atoms with Gasteiger partial charge in [0.25, 0.3) is 0 Å². The van der Waals surface area contributed by atoms with Gasteiger partial charge in [-0.05, 0) is 25.7 Å². The maximum Gasteiger partial charge on any atom is 1.00 e. The number of hydrogen-bond acceptors (Lipinski definition) is 4. The number of aliphatic hydroxyl groups excluding tert-OH is 1. The molecule has 6 heteroatoms. The van der Waals surface area contributed by atoms with Gasteiger partial charge in [-0.15, -0.1) is 0 Å². The zero-order valence-corrected chi connectivity index (χ0v) is 20.4. The van der Waals surface area contributed by atoms with Crippen LogP contribution in [-0.2, 0) is 10.1 Å². The molecule has 0 saturated carbocycles. The van der Waals surface area contributed by atoms with Crippen molar-refractivity contribution in [3.63, 3.8) is 0 Å². The van der Waals surface area contributed by atoms with Crippen molar-refractivity contribution in [1.29, 1.82) is 0 Å². The van der Waals surface area contributed by atoms with E-state index in [1.807, 2.05) is 6.92 Å². The van der Waals surface area contributed by atoms with Crippen LogP contribution in [-0.4, -0.2) is 29.4 Å². The quantitative estimate of drug-likeness (QED) is 0.218. The first-order chi connectivity index (χ1) is 11.9. The SMILES string of the molecule is CCCCCCCCC(O)CCCCCCCC(CCC)S(=O)(=O)[O-].[Na+]. The van der Waals surface area contributed by atoms with Crippen LogP contribution in [0.3, 0.4) is 0 Å². The fourth-order valence-electron chi connectivity index (χ4n) is 3.34. The van der Waals surface area contributed by atoms with E-state index >= 15 is 0 Å². The molecule has 152 valence electrons. The Kier molecular flexibility index (Phi) is 21.5. The summed E-state index contributed by atoms with van der Waals surface area (Å²) in [5.74, 6) is 0. The van der Waals surface area contributed by atoms with Crippen molar-refractivity contribution in [1.82, 2.24) is 0 Å². The normalized spacial score (nSPS) is 14.0. The van der Waals surface area contributed by atoms with Crippen molar-refractivity contribution in [3.05, 3.63) is 0 Å². The van der Waals surface area contributed by atoms with E-state index < -0.39 is 15.4 Å². The van der Waals surface area contributed by atoms with Crippen molar-refractivity contribution in [2.45, 2.75) is 128 Å². The molecule has 0 saturated heterocycles. The molecular formula is C20H41NaO4S. The molecular weight excluding hydrogens is 359 g/mol. The average molecular weight is 401 g/mol. The van der Waals surface area contributed by atoms with Crippen LogP contribution in [0.1, 0.15) is 117 Å². The van der Waals surface area contributed by atoms with Crippen LogP contribution in [0, 0.1) is 0 Å². The summed E-state index contributed by atoms with van der Waals surface area (Å²) >= 11 is 0. The Bertz CT molecular complexity index is 387. The zero-order chi connectivity index (χ0) is 19.0. The predicted molar refractivity (Wildman–Crippen MR) is 105 cm³/mol. The first kappa shape index (κ1) is 29.1. The summed E-state index contributed by atoms with van der Waals surface area (Å²) in [6.45, 7) is 4.13. The summed E-state index contributed by atoms with van der Waals surface area (Å²) in [5, 5.41) is 9.28. The van der Waals surface area contributed by atoms with Gasteiger partial charge in [-0.1, -0.05) is 90.9 Å². The second kappa shape index (κ2) is 19.2. The molecule has 1 N–H and O–H groups in total. The number of unbranched alkanes of at least 4 members (excludes halogenated alkanes) is 9. The van der Waals surface area contributed by atoms with Crippen LogP contribution in [0.4, 0.5) is 0 Å². The van der Waals surface area contributed by atoms with E-state index in [4.69, 9.17) is 0 Å². The Hall–Kier alpha value is 0.870. The molecule has 4 nitrogen and oxygen atoms in total. The topological polar surface area (TPSA) is 77.4 Å². The van der Waals surface area contributed by atoms with E-state index in [0.717, 1.165) is 57.8 Å². The van der Waals surface area contributed by atoms with Crippen LogP contribution < -0.4 is 29.6 Å². The summed E-state index contributed by atoms with van der Waals surface area (Å²) in [7, 11) is -4.14. The minimum Gasteiger partial charge on any atom is -0.748 e. The molecule has 0 rings (SSSR count). The Labute approximate surface area is 185 Å². The van der Waals surface area contributed by atoms with Gasteiger partial charge >= 0.3 is 29.6 Å². The Morgan fingerprint density at radius 1 is 0.692 bits per heavy atom. The van der Waals surface area contributed by atoms with Crippen molar-refractivity contribution in [3.8, 4) is 0 Å². The first-order valence-electron chi connectivity index (χ1n) is 10.5. The van der Waals surface area contributed by atoms with Crippen molar-refractivity contribution < 1.29 is 47.6 Å². The largest absolute Gasteiger partial charge is 1.00 e. The number of aliphatic hydroxyl groups is 1. The summed E-state index contributed by atoms with van der Waals surface area (Å²) in [4.78, 5) is 0. The van der Waals surface area contributed by atoms with Crippen LogP contribution >= 0.6 is 0 Å². The fourth-order valence-corrected chi connectivity index (χ4v) is 4.32. The molecule has 0 heterocycles. The smallest absolute Gasteiger partial charge is 0.748 e. The first-order valence-corrected chi connectivity index (χ1v) is 12.0. The molecule has 0 aliphatic rings. The molecule has 2 unspecified atom stereocenters. The van der Waals surface area contributed by atoms with E-state index in [0.29, 0.717) is 12.8 Å². The van der Waals surface area contributed by atoms with Gasteiger partial charge in [0.05, 0.1) is 16.2 Å². The number of rotatable bonds is 18. The van der Waals surface area contributed by atoms with Gasteiger partial charge in [-0.3, -0.25) is 0 Å². The van der Waals surface area contributed by atoms with Crippen LogP contribution in [0.5, 0.6) is 0 Å². The third kappa shape index (κ3) is 18.2. The van der Waals surface area contributed by atoms with Crippen LogP contribution in [0.15, 0.2) is 0 Å². The fraction of sp³-hybridized carbons (Fsp3) is 1.00. The molecule has 0 spiro atoms. The van der Waals surface area contributed by atoms with Gasteiger partial charge < -0.3 is 9.66 Å². The maximum absolute atomic E-state index is 11.1. The third-order valence-electron chi connectivity index (χ3n) is 4.97. The molecule has 0 aliphatic heterocycles. The second-order valence-electron chi connectivity index (χ2n) is 7.46. The summed E-state index contributed by atoms with van der Waals surface area (Å²) < 4.78 is 33.4. The minimum atomic E-state index is -4.14. The standard InChI is InChI=1S/C20H42O4S.Na/c1-3-5-6-7-9-12-16-19(21)17-13-10-8-11-14-18-20(15-4-2)25(22,23)24;/h19-21H,3-18H2,1-2H3,(H,22,23,24);/q;+1/p-1. The molecule has 0 aromatic rings. The molecule has 26 heavy (non-hydrogen) atoms. The molecule has 0 bridgehead atoms. The zero-order valence-electron chi connectivity index (χ0n) is 17.5. The van der Waals surface area contributed by atoms with Gasteiger partial charge in [0.1, 0.15) is 0 Å². The van der Waals surface area contributed by atoms with E-state index in [9.17, 15) is 18.1 Å². The van der Waals surface area contributed by atoms with E-state index in [-0.39, 0.29) is 35.7 Å². The Morgan fingerprint density at radius 3 is 1.54 bits per heavy atom. The maximum atomic E-state index is 11.1. The third-order valence-corrected chi connectivity index (χ3v) is 6.26. The van der Waals surface area contributed by atoms with E-state index in [1.165, 1.54) is 32.1 Å². The van der Waals surface area contributed by atoms with Crippen molar-refractivity contribution >= 4 is 10.1 Å². The predicted octanol–water partition coefficient (Wildman–Crippen LogP) is 2.55. The van der Waals surface area contributed by atoms with Gasteiger partial charge in [-0.2, -0.15) is 0 Å². The Morgan fingerprint density at radius 2 is 1.12 bits per heavy atom. The van der Waals surface area contributed by atoms with Crippen molar-refractivity contribution in [2.24, 2.45) is 0 Å². The molecule has 2 atom stereocenters. The van der Waals surface area contributed by atoms with Gasteiger partial charge in [0.15, 0.2) is 0 Å². The summed E-state index contributed by atoms with van der Waals surface area (Å²) in [6, 6.07) is 0. The monoisotopic (exact) mass is 400 g/mol.